The Balaban J connectivity index is 2.02. The second kappa shape index (κ2) is 5.82. The number of anilines is 1. The topological polar surface area (TPSA) is 60.5 Å². The van der Waals surface area contributed by atoms with Gasteiger partial charge in [-0.25, -0.2) is 9.78 Å². The minimum atomic E-state index is -0.337. The van der Waals surface area contributed by atoms with Crippen molar-refractivity contribution >= 4 is 11.8 Å². The van der Waals surface area contributed by atoms with Crippen LogP contribution in [0.3, 0.4) is 0 Å². The predicted molar refractivity (Wildman–Crippen MR) is 67.6 cm³/mol. The highest BCUT2D eigenvalue weighted by atomic mass is 16.5. The van der Waals surface area contributed by atoms with E-state index in [4.69, 9.17) is 9.47 Å². The van der Waals surface area contributed by atoms with Gasteiger partial charge in [0.1, 0.15) is 11.4 Å². The summed E-state index contributed by atoms with van der Waals surface area (Å²) in [7, 11) is 1.71. The SMILES string of the molecule is CCOC(=O)c1cccnc1NC1CC(OC)C1. The molecule has 1 fully saturated rings. The van der Waals surface area contributed by atoms with Crippen molar-refractivity contribution in [2.24, 2.45) is 0 Å². The van der Waals surface area contributed by atoms with E-state index in [-0.39, 0.29) is 5.97 Å². The maximum absolute atomic E-state index is 11.7. The van der Waals surface area contributed by atoms with E-state index >= 15 is 0 Å². The zero-order valence-corrected chi connectivity index (χ0v) is 10.7. The van der Waals surface area contributed by atoms with Crippen LogP contribution >= 0.6 is 0 Å². The molecular weight excluding hydrogens is 232 g/mol. The molecule has 1 heterocycles. The molecule has 0 aliphatic heterocycles. The van der Waals surface area contributed by atoms with Gasteiger partial charge in [0.15, 0.2) is 0 Å². The monoisotopic (exact) mass is 250 g/mol. The Bertz CT molecular complexity index is 416. The second-order valence-electron chi connectivity index (χ2n) is 4.29. The Morgan fingerprint density at radius 3 is 3.00 bits per heavy atom. The van der Waals surface area contributed by atoms with Gasteiger partial charge in [-0.1, -0.05) is 0 Å². The fourth-order valence-corrected chi connectivity index (χ4v) is 1.96. The van der Waals surface area contributed by atoms with E-state index in [9.17, 15) is 4.79 Å². The molecule has 0 amide bonds. The summed E-state index contributed by atoms with van der Waals surface area (Å²) in [5.74, 6) is 0.256. The number of ether oxygens (including phenoxy) is 2. The molecule has 1 aliphatic rings. The Morgan fingerprint density at radius 1 is 1.56 bits per heavy atom. The summed E-state index contributed by atoms with van der Waals surface area (Å²) in [4.78, 5) is 15.9. The molecule has 98 valence electrons. The maximum atomic E-state index is 11.7. The van der Waals surface area contributed by atoms with E-state index in [1.54, 1.807) is 32.4 Å². The van der Waals surface area contributed by atoms with Crippen LogP contribution in [-0.2, 0) is 9.47 Å². The standard InChI is InChI=1S/C13H18N2O3/c1-3-18-13(16)11-5-4-6-14-12(11)15-9-7-10(8-9)17-2/h4-6,9-10H,3,7-8H2,1-2H3,(H,14,15). The van der Waals surface area contributed by atoms with E-state index in [1.807, 2.05) is 0 Å². The molecule has 0 unspecified atom stereocenters. The van der Waals surface area contributed by atoms with E-state index in [0.29, 0.717) is 30.1 Å². The lowest BCUT2D eigenvalue weighted by Gasteiger charge is -2.35. The van der Waals surface area contributed by atoms with Crippen LogP contribution in [0.1, 0.15) is 30.1 Å². The Labute approximate surface area is 107 Å². The average molecular weight is 250 g/mol. The van der Waals surface area contributed by atoms with E-state index < -0.39 is 0 Å². The average Bonchev–Trinajstić information content (AvgIpc) is 2.34. The lowest BCUT2D eigenvalue weighted by molar-refractivity contribution is 0.0327. The Hall–Kier alpha value is -1.62. The van der Waals surface area contributed by atoms with Crippen molar-refractivity contribution in [2.45, 2.75) is 31.9 Å². The summed E-state index contributed by atoms with van der Waals surface area (Å²) in [6.07, 6.45) is 3.86. The third-order valence-electron chi connectivity index (χ3n) is 3.07. The van der Waals surface area contributed by atoms with Crippen molar-refractivity contribution in [3.05, 3.63) is 23.9 Å². The first kappa shape index (κ1) is 12.8. The highest BCUT2D eigenvalue weighted by molar-refractivity contribution is 5.94. The number of nitrogens with one attached hydrogen (secondary N) is 1. The number of carbonyl (C=O) groups is 1. The van der Waals surface area contributed by atoms with Gasteiger partial charge in [0, 0.05) is 19.3 Å². The normalized spacial score (nSPS) is 22.1. The highest BCUT2D eigenvalue weighted by Crippen LogP contribution is 2.26. The number of aromatic nitrogens is 1. The first-order valence-corrected chi connectivity index (χ1v) is 6.16. The van der Waals surface area contributed by atoms with Crippen molar-refractivity contribution in [2.75, 3.05) is 19.0 Å². The molecule has 2 rings (SSSR count). The van der Waals surface area contributed by atoms with Crippen LogP contribution in [0, 0.1) is 0 Å². The lowest BCUT2D eigenvalue weighted by Crippen LogP contribution is -2.40. The van der Waals surface area contributed by atoms with Crippen molar-refractivity contribution in [3.63, 3.8) is 0 Å². The molecule has 0 radical (unpaired) electrons. The lowest BCUT2D eigenvalue weighted by atomic mass is 9.89. The van der Waals surface area contributed by atoms with Gasteiger partial charge in [0.25, 0.3) is 0 Å². The smallest absolute Gasteiger partial charge is 0.341 e. The van der Waals surface area contributed by atoms with Gasteiger partial charge in [-0.3, -0.25) is 0 Å². The molecule has 1 aliphatic carbocycles. The minimum Gasteiger partial charge on any atom is -0.462 e. The number of rotatable bonds is 5. The van der Waals surface area contributed by atoms with Crippen LogP contribution < -0.4 is 5.32 Å². The zero-order valence-electron chi connectivity index (χ0n) is 10.7. The van der Waals surface area contributed by atoms with Crippen molar-refractivity contribution < 1.29 is 14.3 Å². The number of carbonyl (C=O) groups excluding carboxylic acids is 1. The fourth-order valence-electron chi connectivity index (χ4n) is 1.96. The molecule has 5 heteroatoms. The van der Waals surface area contributed by atoms with E-state index in [0.717, 1.165) is 12.8 Å². The van der Waals surface area contributed by atoms with Gasteiger partial charge < -0.3 is 14.8 Å². The Morgan fingerprint density at radius 2 is 2.33 bits per heavy atom. The molecule has 0 bridgehead atoms. The van der Waals surface area contributed by atoms with Gasteiger partial charge >= 0.3 is 5.97 Å². The molecule has 0 atom stereocenters. The van der Waals surface area contributed by atoms with Gasteiger partial charge in [0.05, 0.1) is 12.7 Å². The zero-order chi connectivity index (χ0) is 13.0. The Kier molecular flexibility index (Phi) is 4.15. The minimum absolute atomic E-state index is 0.317. The summed E-state index contributed by atoms with van der Waals surface area (Å²) in [6, 6.07) is 3.77. The molecule has 1 N–H and O–H groups in total. The van der Waals surface area contributed by atoms with Crippen LogP contribution in [-0.4, -0.2) is 36.8 Å². The first-order chi connectivity index (χ1) is 8.74. The van der Waals surface area contributed by atoms with Crippen LogP contribution in [0.5, 0.6) is 0 Å². The second-order valence-corrected chi connectivity index (χ2v) is 4.29. The molecule has 1 aromatic heterocycles. The fraction of sp³-hybridized carbons (Fsp3) is 0.538. The van der Waals surface area contributed by atoms with E-state index in [1.165, 1.54) is 0 Å². The summed E-state index contributed by atoms with van der Waals surface area (Å²) in [6.45, 7) is 2.15. The van der Waals surface area contributed by atoms with E-state index in [2.05, 4.69) is 10.3 Å². The molecule has 5 nitrogen and oxygen atoms in total. The molecule has 0 saturated heterocycles. The molecular formula is C13H18N2O3. The molecule has 1 aromatic rings. The quantitative estimate of drug-likeness (QED) is 0.808. The van der Waals surface area contributed by atoms with Crippen LogP contribution in [0.2, 0.25) is 0 Å². The van der Waals surface area contributed by atoms with Gasteiger partial charge in [-0.2, -0.15) is 0 Å². The summed E-state index contributed by atoms with van der Waals surface area (Å²) in [5.41, 5.74) is 0.486. The highest BCUT2D eigenvalue weighted by Gasteiger charge is 2.30. The van der Waals surface area contributed by atoms with Crippen LogP contribution in [0.4, 0.5) is 5.82 Å². The van der Waals surface area contributed by atoms with Crippen molar-refractivity contribution in [1.29, 1.82) is 0 Å². The maximum Gasteiger partial charge on any atom is 0.341 e. The number of esters is 1. The summed E-state index contributed by atoms with van der Waals surface area (Å²) >= 11 is 0. The largest absolute Gasteiger partial charge is 0.462 e. The molecule has 1 saturated carbocycles. The number of hydrogen-bond donors (Lipinski definition) is 1. The number of nitrogens with zero attached hydrogens (tertiary/aromatic N) is 1. The third-order valence-corrected chi connectivity index (χ3v) is 3.07. The predicted octanol–water partition coefficient (Wildman–Crippen LogP) is 1.85. The van der Waals surface area contributed by atoms with Gasteiger partial charge in [0.2, 0.25) is 0 Å². The van der Waals surface area contributed by atoms with Crippen LogP contribution in [0.15, 0.2) is 18.3 Å². The van der Waals surface area contributed by atoms with Gasteiger partial charge in [-0.15, -0.1) is 0 Å². The number of methoxy groups -OCH3 is 1. The van der Waals surface area contributed by atoms with Gasteiger partial charge in [-0.05, 0) is 31.9 Å². The van der Waals surface area contributed by atoms with Crippen molar-refractivity contribution in [3.8, 4) is 0 Å². The summed E-state index contributed by atoms with van der Waals surface area (Å²) in [5, 5.41) is 3.26. The van der Waals surface area contributed by atoms with Crippen molar-refractivity contribution in [1.82, 2.24) is 4.98 Å². The number of pyridine rings is 1. The third kappa shape index (κ3) is 2.79. The number of hydrogen-bond acceptors (Lipinski definition) is 5. The molecule has 18 heavy (non-hydrogen) atoms. The first-order valence-electron chi connectivity index (χ1n) is 6.16. The molecule has 0 spiro atoms. The molecule has 0 aromatic carbocycles. The van der Waals surface area contributed by atoms with Crippen LogP contribution in [0.25, 0.3) is 0 Å². The summed E-state index contributed by atoms with van der Waals surface area (Å²) < 4.78 is 10.2.